The molecular formula is C17H26N6O5S. The largest absolute Gasteiger partial charge is 0.548 e. The molecule has 0 aromatic carbocycles. The van der Waals surface area contributed by atoms with E-state index in [4.69, 9.17) is 16.2 Å². The predicted octanol–water partition coefficient (Wildman–Crippen LogP) is -2.48. The number of nitrogen functional groups attached to an aromatic ring is 1. The number of fused-ring (bicyclic) bond motifs is 1. The molecule has 160 valence electrons. The molecule has 0 spiro atoms. The molecule has 29 heavy (non-hydrogen) atoms. The van der Waals surface area contributed by atoms with E-state index in [1.807, 2.05) is 0 Å². The first-order chi connectivity index (χ1) is 13.8. The van der Waals surface area contributed by atoms with Gasteiger partial charge in [0.2, 0.25) is 0 Å². The Morgan fingerprint density at radius 2 is 2.10 bits per heavy atom. The molecule has 3 rings (SSSR count). The number of unbranched alkanes of at least 4 members (excludes halogenated alkanes) is 1. The molecule has 12 heteroatoms. The van der Waals surface area contributed by atoms with Crippen LogP contribution in [0, 0.1) is 0 Å². The number of aliphatic hydroxyl groups excluding tert-OH is 2. The van der Waals surface area contributed by atoms with Crippen LogP contribution in [0.1, 0.15) is 25.5 Å². The third-order valence-corrected chi connectivity index (χ3v) is 6.89. The van der Waals surface area contributed by atoms with Crippen molar-refractivity contribution in [1.29, 1.82) is 0 Å². The van der Waals surface area contributed by atoms with Gasteiger partial charge < -0.3 is 36.3 Å². The van der Waals surface area contributed by atoms with Crippen molar-refractivity contribution >= 4 is 33.8 Å². The van der Waals surface area contributed by atoms with Gasteiger partial charge in [0.15, 0.2) is 17.7 Å². The molecule has 6 atom stereocenters. The Morgan fingerprint density at radius 1 is 1.34 bits per heavy atom. The number of carboxylic acids is 1. The number of ether oxygens (including phenoxy) is 1. The number of nitrogens with two attached hydrogens (primary N) is 2. The Bertz CT molecular complexity index is 851. The van der Waals surface area contributed by atoms with E-state index >= 15 is 0 Å². The zero-order chi connectivity index (χ0) is 21.1. The fourth-order valence-corrected chi connectivity index (χ4v) is 5.05. The smallest absolute Gasteiger partial charge is 0.167 e. The number of carbonyl (C=O) groups is 1. The Hall–Kier alpha value is -1.99. The summed E-state index contributed by atoms with van der Waals surface area (Å²) in [5.74, 6) is 0.421. The quantitative estimate of drug-likeness (QED) is 0.247. The number of rotatable bonds is 9. The number of imidazole rings is 1. The maximum Gasteiger partial charge on any atom is 0.167 e. The van der Waals surface area contributed by atoms with Crippen LogP contribution < -0.4 is 16.6 Å². The van der Waals surface area contributed by atoms with Crippen LogP contribution in [0.2, 0.25) is 0 Å². The molecule has 0 bridgehead atoms. The minimum absolute atomic E-state index is 0.0839. The van der Waals surface area contributed by atoms with Gasteiger partial charge in [0.1, 0.15) is 41.7 Å². The Kier molecular flexibility index (Phi) is 6.90. The molecule has 0 saturated carbocycles. The molecule has 0 amide bonds. The van der Waals surface area contributed by atoms with Gasteiger partial charge in [0.25, 0.3) is 0 Å². The van der Waals surface area contributed by atoms with E-state index in [1.54, 1.807) is 4.57 Å². The van der Waals surface area contributed by atoms with E-state index in [-0.39, 0.29) is 16.7 Å². The first-order valence-corrected chi connectivity index (χ1v) is 11.3. The van der Waals surface area contributed by atoms with E-state index in [0.29, 0.717) is 29.8 Å². The lowest BCUT2D eigenvalue weighted by atomic mass is 10.1. The van der Waals surface area contributed by atoms with Crippen molar-refractivity contribution in [2.24, 2.45) is 5.73 Å². The summed E-state index contributed by atoms with van der Waals surface area (Å²) >= 11 is 0. The normalized spacial score (nSPS) is 26.6. The van der Waals surface area contributed by atoms with Crippen LogP contribution in [-0.4, -0.2) is 77.8 Å². The van der Waals surface area contributed by atoms with Crippen molar-refractivity contribution in [1.82, 2.24) is 19.5 Å². The number of nitrogens with zero attached hydrogens (tertiary/aromatic N) is 4. The van der Waals surface area contributed by atoms with Gasteiger partial charge in [0.05, 0.1) is 18.6 Å². The Balaban J connectivity index is 1.56. The van der Waals surface area contributed by atoms with Crippen molar-refractivity contribution < 1.29 is 24.9 Å². The second kappa shape index (κ2) is 9.22. The predicted molar refractivity (Wildman–Crippen MR) is 106 cm³/mol. The van der Waals surface area contributed by atoms with E-state index in [1.165, 1.54) is 12.7 Å². The molecule has 6 N–H and O–H groups in total. The lowest BCUT2D eigenvalue weighted by molar-refractivity contribution is -0.307. The summed E-state index contributed by atoms with van der Waals surface area (Å²) in [5, 5.41) is 31.6. The number of aliphatic hydroxyl groups is 2. The molecule has 1 fully saturated rings. The molecule has 3 heterocycles. The summed E-state index contributed by atoms with van der Waals surface area (Å²) in [6, 6.07) is -0.938. The van der Waals surface area contributed by atoms with Crippen LogP contribution in [0.15, 0.2) is 12.7 Å². The molecule has 1 aliphatic rings. The van der Waals surface area contributed by atoms with Gasteiger partial charge in [-0.2, -0.15) is 0 Å². The minimum Gasteiger partial charge on any atom is -0.548 e. The summed E-state index contributed by atoms with van der Waals surface area (Å²) in [6.07, 6.45) is 3.16. The zero-order valence-electron chi connectivity index (χ0n) is 16.0. The van der Waals surface area contributed by atoms with Gasteiger partial charge in [-0.05, 0) is 30.2 Å². The molecule has 0 aliphatic carbocycles. The van der Waals surface area contributed by atoms with Crippen molar-refractivity contribution in [3.8, 4) is 0 Å². The van der Waals surface area contributed by atoms with Gasteiger partial charge in [-0.3, -0.25) is 4.57 Å². The topological polar surface area (TPSA) is 185 Å². The third-order valence-electron chi connectivity index (χ3n) is 5.01. The molecule has 0 radical (unpaired) electrons. The lowest BCUT2D eigenvalue weighted by Crippen LogP contribution is -2.41. The van der Waals surface area contributed by atoms with Gasteiger partial charge in [0, 0.05) is 6.04 Å². The summed E-state index contributed by atoms with van der Waals surface area (Å²) in [6.45, 7) is 0. The molecule has 1 aliphatic heterocycles. The summed E-state index contributed by atoms with van der Waals surface area (Å²) in [7, 11) is -0.0839. The second-order valence-electron chi connectivity index (χ2n) is 7.20. The molecule has 2 unspecified atom stereocenters. The highest BCUT2D eigenvalue weighted by Crippen LogP contribution is 2.32. The van der Waals surface area contributed by atoms with Crippen LogP contribution in [0.5, 0.6) is 0 Å². The molecule has 2 aromatic heterocycles. The number of hydrogen-bond donors (Lipinski definition) is 4. The van der Waals surface area contributed by atoms with Gasteiger partial charge in [-0.1, -0.05) is 0 Å². The highest BCUT2D eigenvalue weighted by molar-refractivity contribution is 7.96. The summed E-state index contributed by atoms with van der Waals surface area (Å²) < 4.78 is 7.50. The highest BCUT2D eigenvalue weighted by atomic mass is 32.2. The second-order valence-corrected chi connectivity index (χ2v) is 9.51. The van der Waals surface area contributed by atoms with E-state index in [9.17, 15) is 20.1 Å². The van der Waals surface area contributed by atoms with Crippen molar-refractivity contribution in [3.63, 3.8) is 0 Å². The number of aliphatic carboxylic acids is 1. The minimum atomic E-state index is -1.23. The number of anilines is 1. The van der Waals surface area contributed by atoms with E-state index in [2.05, 4.69) is 21.2 Å². The van der Waals surface area contributed by atoms with Gasteiger partial charge in [-0.25, -0.2) is 15.0 Å². The molecular weight excluding hydrogens is 400 g/mol. The number of carboxylic acid groups (broad SMARTS) is 1. The fraction of sp³-hybridized carbons (Fsp3) is 0.647. The molecule has 11 nitrogen and oxygen atoms in total. The SMILES string of the molecule is C[S+](CCCCC(N)C(=O)[O-])C[C@H]1O[C@@H](n2cnc3c(N)ncnc32)[C@H](O)[C@@H]1O. The van der Waals surface area contributed by atoms with Gasteiger partial charge in [-0.15, -0.1) is 0 Å². The summed E-state index contributed by atoms with van der Waals surface area (Å²) in [5.41, 5.74) is 12.1. The number of carbonyl (C=O) groups excluding carboxylic acids is 1. The van der Waals surface area contributed by atoms with Crippen LogP contribution in [-0.2, 0) is 20.4 Å². The zero-order valence-corrected chi connectivity index (χ0v) is 16.9. The fourth-order valence-electron chi connectivity index (χ4n) is 3.35. The van der Waals surface area contributed by atoms with Gasteiger partial charge >= 0.3 is 0 Å². The average molecular weight is 426 g/mol. The van der Waals surface area contributed by atoms with Crippen LogP contribution in [0.25, 0.3) is 11.2 Å². The first kappa shape index (κ1) is 21.7. The average Bonchev–Trinajstić information content (AvgIpc) is 3.22. The lowest BCUT2D eigenvalue weighted by Gasteiger charge is -2.16. The van der Waals surface area contributed by atoms with Crippen molar-refractivity contribution in [2.45, 2.75) is 49.8 Å². The van der Waals surface area contributed by atoms with Crippen molar-refractivity contribution in [3.05, 3.63) is 12.7 Å². The number of aromatic nitrogens is 4. The Labute approximate surface area is 170 Å². The van der Waals surface area contributed by atoms with Crippen LogP contribution in [0.3, 0.4) is 0 Å². The molecule has 1 saturated heterocycles. The number of hydrogen-bond acceptors (Lipinski definition) is 10. The van der Waals surface area contributed by atoms with Crippen LogP contribution in [0.4, 0.5) is 5.82 Å². The Morgan fingerprint density at radius 3 is 2.83 bits per heavy atom. The maximum absolute atomic E-state index is 10.6. The van der Waals surface area contributed by atoms with E-state index in [0.717, 1.165) is 12.2 Å². The highest BCUT2D eigenvalue weighted by Gasteiger charge is 2.46. The monoisotopic (exact) mass is 426 g/mol. The first-order valence-electron chi connectivity index (χ1n) is 9.29. The van der Waals surface area contributed by atoms with Crippen molar-refractivity contribution in [2.75, 3.05) is 23.5 Å². The molecule has 2 aromatic rings. The third kappa shape index (κ3) is 4.78. The summed E-state index contributed by atoms with van der Waals surface area (Å²) in [4.78, 5) is 22.8. The standard InChI is InChI=1S/C17H26N6O5S/c1-29(5-3-2-4-9(18)17(26)27)6-10-12(24)13(25)16(28-10)23-8-22-11-14(19)20-7-21-15(11)23/h7-10,12-13,16,24-25H,2-6,18H2,1H3,(H2-,19,20,21,26,27)/t9?,10-,12-,13-,16-,29?/m1/s1. The van der Waals surface area contributed by atoms with Crippen LogP contribution >= 0.6 is 0 Å². The van der Waals surface area contributed by atoms with E-state index < -0.39 is 36.6 Å². The maximum atomic E-state index is 10.6.